The number of nitrogens with zero attached hydrogens (tertiary/aromatic N) is 1. The van der Waals surface area contributed by atoms with Gasteiger partial charge in [0.25, 0.3) is 5.91 Å². The van der Waals surface area contributed by atoms with E-state index in [9.17, 15) is 13.2 Å². The van der Waals surface area contributed by atoms with E-state index in [0.29, 0.717) is 31.2 Å². The summed E-state index contributed by atoms with van der Waals surface area (Å²) in [6.07, 6.45) is 1.74. The molecule has 1 N–H and O–H groups in total. The molecular formula is C17H26N2O4S. The standard InChI is InChI=1S/C17H26N2O4S/c1-13(2)12-19(9-10-23-3)17(20)14-5-4-6-16(11-14)24(21,22)18-15-7-8-15/h4-6,11,13,15,18H,7-10,12H2,1-3H3. The van der Waals surface area contributed by atoms with Crippen molar-refractivity contribution in [2.45, 2.75) is 37.6 Å². The SMILES string of the molecule is COCCN(CC(C)C)C(=O)c1cccc(S(=O)(=O)NC2CC2)c1. The highest BCUT2D eigenvalue weighted by molar-refractivity contribution is 7.89. The van der Waals surface area contributed by atoms with Gasteiger partial charge in [0.15, 0.2) is 0 Å². The summed E-state index contributed by atoms with van der Waals surface area (Å²) >= 11 is 0. The molecule has 2 rings (SSSR count). The molecule has 6 nitrogen and oxygen atoms in total. The van der Waals surface area contributed by atoms with Crippen LogP contribution >= 0.6 is 0 Å². The van der Waals surface area contributed by atoms with E-state index in [4.69, 9.17) is 4.74 Å². The van der Waals surface area contributed by atoms with E-state index in [1.807, 2.05) is 13.8 Å². The third-order valence-corrected chi connectivity index (χ3v) is 5.25. The van der Waals surface area contributed by atoms with Crippen LogP contribution in [0.5, 0.6) is 0 Å². The maximum absolute atomic E-state index is 12.8. The Morgan fingerprint density at radius 1 is 1.38 bits per heavy atom. The lowest BCUT2D eigenvalue weighted by molar-refractivity contribution is 0.0672. The molecule has 0 heterocycles. The smallest absolute Gasteiger partial charge is 0.253 e. The molecule has 1 saturated carbocycles. The van der Waals surface area contributed by atoms with Gasteiger partial charge in [-0.2, -0.15) is 0 Å². The zero-order valence-electron chi connectivity index (χ0n) is 14.5. The first-order valence-electron chi connectivity index (χ1n) is 8.24. The highest BCUT2D eigenvalue weighted by atomic mass is 32.2. The quantitative estimate of drug-likeness (QED) is 0.734. The van der Waals surface area contributed by atoms with Gasteiger partial charge < -0.3 is 9.64 Å². The molecule has 0 aliphatic heterocycles. The molecule has 1 fully saturated rings. The highest BCUT2D eigenvalue weighted by Gasteiger charge is 2.28. The molecule has 1 aromatic rings. The number of carbonyl (C=O) groups excluding carboxylic acids is 1. The molecule has 0 radical (unpaired) electrons. The molecule has 0 aromatic heterocycles. The van der Waals surface area contributed by atoms with Crippen LogP contribution in [-0.2, 0) is 14.8 Å². The van der Waals surface area contributed by atoms with Crippen molar-refractivity contribution in [2.75, 3.05) is 26.8 Å². The van der Waals surface area contributed by atoms with Crippen LogP contribution in [0.25, 0.3) is 0 Å². The van der Waals surface area contributed by atoms with Crippen molar-refractivity contribution in [1.82, 2.24) is 9.62 Å². The second-order valence-electron chi connectivity index (χ2n) is 6.56. The van der Waals surface area contributed by atoms with E-state index in [1.54, 1.807) is 24.1 Å². The van der Waals surface area contributed by atoms with Crippen LogP contribution in [-0.4, -0.2) is 52.1 Å². The van der Waals surface area contributed by atoms with Gasteiger partial charge in [-0.05, 0) is 37.0 Å². The Hall–Kier alpha value is -1.44. The van der Waals surface area contributed by atoms with Crippen molar-refractivity contribution in [1.29, 1.82) is 0 Å². The molecule has 7 heteroatoms. The highest BCUT2D eigenvalue weighted by Crippen LogP contribution is 2.22. The fraction of sp³-hybridized carbons (Fsp3) is 0.588. The zero-order chi connectivity index (χ0) is 17.7. The van der Waals surface area contributed by atoms with Crippen molar-refractivity contribution in [3.05, 3.63) is 29.8 Å². The minimum Gasteiger partial charge on any atom is -0.383 e. The summed E-state index contributed by atoms with van der Waals surface area (Å²) in [5.74, 6) is 0.137. The van der Waals surface area contributed by atoms with Crippen LogP contribution in [0.1, 0.15) is 37.0 Å². The van der Waals surface area contributed by atoms with E-state index in [0.717, 1.165) is 12.8 Å². The fourth-order valence-electron chi connectivity index (χ4n) is 2.39. The van der Waals surface area contributed by atoms with Crippen LogP contribution in [0.2, 0.25) is 0 Å². The van der Waals surface area contributed by atoms with Gasteiger partial charge in [0, 0.05) is 31.8 Å². The second-order valence-corrected chi connectivity index (χ2v) is 8.28. The third-order valence-electron chi connectivity index (χ3n) is 3.73. The van der Waals surface area contributed by atoms with E-state index >= 15 is 0 Å². The lowest BCUT2D eigenvalue weighted by atomic mass is 10.1. The number of nitrogens with one attached hydrogen (secondary N) is 1. The van der Waals surface area contributed by atoms with Gasteiger partial charge in [0.2, 0.25) is 10.0 Å². The molecule has 134 valence electrons. The van der Waals surface area contributed by atoms with Crippen molar-refractivity contribution in [3.63, 3.8) is 0 Å². The number of sulfonamides is 1. The summed E-state index contributed by atoms with van der Waals surface area (Å²) in [7, 11) is -1.97. The largest absolute Gasteiger partial charge is 0.383 e. The minimum absolute atomic E-state index is 0.0356. The number of hydrogen-bond acceptors (Lipinski definition) is 4. The maximum atomic E-state index is 12.8. The lowest BCUT2D eigenvalue weighted by Crippen LogP contribution is -2.37. The molecule has 1 aromatic carbocycles. The first-order valence-corrected chi connectivity index (χ1v) is 9.72. The third kappa shape index (κ3) is 5.29. The molecule has 1 aliphatic rings. The molecule has 24 heavy (non-hydrogen) atoms. The van der Waals surface area contributed by atoms with Crippen molar-refractivity contribution < 1.29 is 17.9 Å². The maximum Gasteiger partial charge on any atom is 0.253 e. The molecule has 1 aliphatic carbocycles. The Kier molecular flexibility index (Phi) is 6.37. The number of amides is 1. The van der Waals surface area contributed by atoms with E-state index in [2.05, 4.69) is 4.72 Å². The predicted molar refractivity (Wildman–Crippen MR) is 92.4 cm³/mol. The number of ether oxygens (including phenoxy) is 1. The summed E-state index contributed by atoms with van der Waals surface area (Å²) in [5, 5.41) is 0. The summed E-state index contributed by atoms with van der Waals surface area (Å²) in [6, 6.07) is 6.27. The first kappa shape index (κ1) is 18.9. The van der Waals surface area contributed by atoms with Crippen LogP contribution < -0.4 is 4.72 Å². The van der Waals surface area contributed by atoms with E-state index < -0.39 is 10.0 Å². The topological polar surface area (TPSA) is 75.7 Å². The zero-order valence-corrected chi connectivity index (χ0v) is 15.3. The van der Waals surface area contributed by atoms with Gasteiger partial charge in [0.1, 0.15) is 0 Å². The summed E-state index contributed by atoms with van der Waals surface area (Å²) in [5.41, 5.74) is 0.380. The van der Waals surface area contributed by atoms with Crippen LogP contribution in [0.4, 0.5) is 0 Å². The number of methoxy groups -OCH3 is 1. The average Bonchev–Trinajstić information content (AvgIpc) is 3.34. The normalized spacial score (nSPS) is 14.8. The molecule has 0 saturated heterocycles. The second kappa shape index (κ2) is 8.09. The van der Waals surface area contributed by atoms with E-state index in [-0.39, 0.29) is 16.8 Å². The summed E-state index contributed by atoms with van der Waals surface area (Å²) in [6.45, 7) is 5.59. The monoisotopic (exact) mass is 354 g/mol. The fourth-order valence-corrected chi connectivity index (χ4v) is 3.74. The summed E-state index contributed by atoms with van der Waals surface area (Å²) in [4.78, 5) is 14.6. The van der Waals surface area contributed by atoms with Gasteiger partial charge in [-0.1, -0.05) is 19.9 Å². The van der Waals surface area contributed by atoms with Gasteiger partial charge in [0.05, 0.1) is 11.5 Å². The van der Waals surface area contributed by atoms with E-state index in [1.165, 1.54) is 12.1 Å². The Labute approximate surface area is 144 Å². The Bertz CT molecular complexity index is 669. The molecule has 0 bridgehead atoms. The average molecular weight is 354 g/mol. The first-order chi connectivity index (χ1) is 11.3. The lowest BCUT2D eigenvalue weighted by Gasteiger charge is -2.24. The van der Waals surface area contributed by atoms with Crippen molar-refractivity contribution in [2.24, 2.45) is 5.92 Å². The number of hydrogen-bond donors (Lipinski definition) is 1. The minimum atomic E-state index is -3.56. The van der Waals surface area contributed by atoms with Crippen molar-refractivity contribution >= 4 is 15.9 Å². The van der Waals surface area contributed by atoms with Gasteiger partial charge >= 0.3 is 0 Å². The van der Waals surface area contributed by atoms with Crippen molar-refractivity contribution in [3.8, 4) is 0 Å². The van der Waals surface area contributed by atoms with Crippen LogP contribution in [0.15, 0.2) is 29.2 Å². The molecule has 0 spiro atoms. The molecular weight excluding hydrogens is 328 g/mol. The molecule has 0 atom stereocenters. The predicted octanol–water partition coefficient (Wildman–Crippen LogP) is 1.87. The number of benzene rings is 1. The van der Waals surface area contributed by atoms with Crippen LogP contribution in [0.3, 0.4) is 0 Å². The van der Waals surface area contributed by atoms with Gasteiger partial charge in [-0.25, -0.2) is 13.1 Å². The number of rotatable bonds is 9. The Morgan fingerprint density at radius 2 is 2.08 bits per heavy atom. The summed E-state index contributed by atoms with van der Waals surface area (Å²) < 4.78 is 32.3. The molecule has 0 unspecified atom stereocenters. The van der Waals surface area contributed by atoms with Crippen LogP contribution in [0, 0.1) is 5.92 Å². The molecule has 1 amide bonds. The number of carbonyl (C=O) groups is 1. The Morgan fingerprint density at radius 3 is 2.67 bits per heavy atom. The Balaban J connectivity index is 2.19. The van der Waals surface area contributed by atoms with Gasteiger partial charge in [-0.15, -0.1) is 0 Å². The van der Waals surface area contributed by atoms with Gasteiger partial charge in [-0.3, -0.25) is 4.79 Å².